The molecule has 0 aliphatic heterocycles. The zero-order valence-corrected chi connectivity index (χ0v) is 12.2. The van der Waals surface area contributed by atoms with Crippen LogP contribution in [0.25, 0.3) is 0 Å². The van der Waals surface area contributed by atoms with Gasteiger partial charge in [-0.15, -0.1) is 0 Å². The molecule has 5 heteroatoms. The van der Waals surface area contributed by atoms with Crippen molar-refractivity contribution in [3.8, 4) is 0 Å². The number of hydrogen-bond acceptors (Lipinski definition) is 3. The average Bonchev–Trinajstić information content (AvgIpc) is 2.53. The van der Waals surface area contributed by atoms with Gasteiger partial charge >= 0.3 is 0 Å². The van der Waals surface area contributed by atoms with E-state index in [1.54, 1.807) is 55.5 Å². The largest absolute Gasteiger partial charge is 0.378 e. The molecular formula is C16H15ClN2O2. The molecule has 0 aliphatic carbocycles. The molecule has 21 heavy (non-hydrogen) atoms. The predicted octanol–water partition coefficient (Wildman–Crippen LogP) is 2.91. The molecule has 2 aromatic rings. The fraction of sp³-hybridized carbons (Fsp3) is 0.125. The third-order valence-corrected chi connectivity index (χ3v) is 3.21. The summed E-state index contributed by atoms with van der Waals surface area (Å²) in [6.07, 6.45) is -1.24. The first-order chi connectivity index (χ1) is 10.1. The Kier molecular flexibility index (Phi) is 5.09. The second-order valence-electron chi connectivity index (χ2n) is 4.49. The molecule has 0 saturated carbocycles. The van der Waals surface area contributed by atoms with Gasteiger partial charge in [0.25, 0.3) is 5.91 Å². The minimum atomic E-state index is -1.24. The van der Waals surface area contributed by atoms with Crippen molar-refractivity contribution in [2.45, 2.75) is 13.0 Å². The molecule has 0 fully saturated rings. The Hall–Kier alpha value is -2.17. The Morgan fingerprint density at radius 1 is 1.14 bits per heavy atom. The molecule has 0 saturated heterocycles. The van der Waals surface area contributed by atoms with Crippen molar-refractivity contribution in [3.63, 3.8) is 0 Å². The monoisotopic (exact) mass is 302 g/mol. The number of nitrogens with zero attached hydrogens (tertiary/aromatic N) is 1. The van der Waals surface area contributed by atoms with Crippen LogP contribution in [0, 0.1) is 0 Å². The maximum absolute atomic E-state index is 11.8. The molecule has 0 bridgehead atoms. The van der Waals surface area contributed by atoms with E-state index in [1.807, 2.05) is 6.07 Å². The number of carbonyl (C=O) groups excluding carboxylic acids is 1. The van der Waals surface area contributed by atoms with Crippen LogP contribution in [-0.4, -0.2) is 16.7 Å². The average molecular weight is 303 g/mol. The number of benzene rings is 2. The molecule has 108 valence electrons. The number of nitrogens with one attached hydrogen (secondary N) is 1. The minimum absolute atomic E-state index is 0.523. The molecule has 1 amide bonds. The first-order valence-corrected chi connectivity index (χ1v) is 6.79. The number of hydrazone groups is 1. The topological polar surface area (TPSA) is 61.7 Å². The van der Waals surface area contributed by atoms with Crippen molar-refractivity contribution >= 4 is 23.2 Å². The fourth-order valence-electron chi connectivity index (χ4n) is 1.74. The maximum Gasteiger partial charge on any atom is 0.273 e. The van der Waals surface area contributed by atoms with E-state index in [9.17, 15) is 9.90 Å². The number of amides is 1. The summed E-state index contributed by atoms with van der Waals surface area (Å²) in [5.41, 5.74) is 4.35. The Labute approximate surface area is 128 Å². The van der Waals surface area contributed by atoms with Crippen LogP contribution in [0.3, 0.4) is 0 Å². The number of hydrogen-bond donors (Lipinski definition) is 2. The Bertz CT molecular complexity index is 639. The van der Waals surface area contributed by atoms with Gasteiger partial charge in [0.1, 0.15) is 0 Å². The molecular weight excluding hydrogens is 288 g/mol. The number of rotatable bonds is 4. The quantitative estimate of drug-likeness (QED) is 0.674. The number of aliphatic hydroxyl groups is 1. The van der Waals surface area contributed by atoms with Crippen LogP contribution in [-0.2, 0) is 4.79 Å². The van der Waals surface area contributed by atoms with Gasteiger partial charge in [-0.3, -0.25) is 4.79 Å². The first-order valence-electron chi connectivity index (χ1n) is 6.41. The summed E-state index contributed by atoms with van der Waals surface area (Å²) in [5.74, 6) is -0.575. The van der Waals surface area contributed by atoms with Gasteiger partial charge in [-0.25, -0.2) is 5.43 Å². The maximum atomic E-state index is 11.8. The lowest BCUT2D eigenvalue weighted by atomic mass is 10.1. The molecule has 0 aliphatic rings. The van der Waals surface area contributed by atoms with E-state index in [0.717, 1.165) is 5.56 Å². The molecule has 0 radical (unpaired) electrons. The van der Waals surface area contributed by atoms with Crippen molar-refractivity contribution in [1.82, 2.24) is 5.43 Å². The van der Waals surface area contributed by atoms with E-state index in [-0.39, 0.29) is 0 Å². The minimum Gasteiger partial charge on any atom is -0.378 e. The van der Waals surface area contributed by atoms with Crippen molar-refractivity contribution in [2.24, 2.45) is 5.10 Å². The number of aliphatic hydroxyl groups excluding tert-OH is 1. The summed E-state index contributed by atoms with van der Waals surface area (Å²) >= 11 is 5.81. The second-order valence-corrected chi connectivity index (χ2v) is 4.93. The van der Waals surface area contributed by atoms with Crippen molar-refractivity contribution < 1.29 is 9.90 Å². The standard InChI is InChI=1S/C16H15ClN2O2/c1-11(12-7-9-14(17)10-8-12)18-19-16(21)15(20)13-5-3-2-4-6-13/h2-10,15,20H,1H3,(H,19,21)/b18-11+/t15-/m1/s1. The van der Waals surface area contributed by atoms with E-state index in [4.69, 9.17) is 11.6 Å². The highest BCUT2D eigenvalue weighted by molar-refractivity contribution is 6.30. The Balaban J connectivity index is 2.03. The lowest BCUT2D eigenvalue weighted by Gasteiger charge is -2.09. The van der Waals surface area contributed by atoms with Crippen LogP contribution in [0.2, 0.25) is 5.02 Å². The molecule has 0 heterocycles. The Morgan fingerprint density at radius 3 is 2.38 bits per heavy atom. The summed E-state index contributed by atoms with van der Waals surface area (Å²) < 4.78 is 0. The molecule has 0 aromatic heterocycles. The van der Waals surface area contributed by atoms with E-state index >= 15 is 0 Å². The van der Waals surface area contributed by atoms with Gasteiger partial charge in [0.05, 0.1) is 5.71 Å². The van der Waals surface area contributed by atoms with E-state index < -0.39 is 12.0 Å². The van der Waals surface area contributed by atoms with Crippen molar-refractivity contribution in [3.05, 3.63) is 70.7 Å². The van der Waals surface area contributed by atoms with Crippen molar-refractivity contribution in [1.29, 1.82) is 0 Å². The third kappa shape index (κ3) is 4.15. The predicted molar refractivity (Wildman–Crippen MR) is 83.2 cm³/mol. The van der Waals surface area contributed by atoms with E-state index in [2.05, 4.69) is 10.5 Å². The molecule has 0 unspecified atom stereocenters. The van der Waals surface area contributed by atoms with Gasteiger partial charge in [-0.05, 0) is 30.2 Å². The van der Waals surface area contributed by atoms with Crippen LogP contribution in [0.4, 0.5) is 0 Å². The van der Waals surface area contributed by atoms with Crippen LogP contribution in [0.15, 0.2) is 59.7 Å². The molecule has 2 rings (SSSR count). The summed E-state index contributed by atoms with van der Waals surface area (Å²) in [7, 11) is 0. The summed E-state index contributed by atoms with van der Waals surface area (Å²) in [6, 6.07) is 15.8. The molecule has 2 N–H and O–H groups in total. The first kappa shape index (κ1) is 15.2. The van der Waals surface area contributed by atoms with Gasteiger partial charge in [0.15, 0.2) is 6.10 Å². The Morgan fingerprint density at radius 2 is 1.76 bits per heavy atom. The van der Waals surface area contributed by atoms with Crippen LogP contribution >= 0.6 is 11.6 Å². The summed E-state index contributed by atoms with van der Waals surface area (Å²) in [4.78, 5) is 11.8. The van der Waals surface area contributed by atoms with Crippen LogP contribution in [0.1, 0.15) is 24.2 Å². The number of carbonyl (C=O) groups is 1. The highest BCUT2D eigenvalue weighted by Gasteiger charge is 2.16. The lowest BCUT2D eigenvalue weighted by Crippen LogP contribution is -2.26. The van der Waals surface area contributed by atoms with Gasteiger partial charge in [0.2, 0.25) is 0 Å². The molecule has 0 spiro atoms. The van der Waals surface area contributed by atoms with E-state index in [1.165, 1.54) is 0 Å². The van der Waals surface area contributed by atoms with Crippen molar-refractivity contribution in [2.75, 3.05) is 0 Å². The fourth-order valence-corrected chi connectivity index (χ4v) is 1.87. The highest BCUT2D eigenvalue weighted by Crippen LogP contribution is 2.12. The SMILES string of the molecule is C/C(=N\NC(=O)[C@H](O)c1ccccc1)c1ccc(Cl)cc1. The third-order valence-electron chi connectivity index (χ3n) is 2.96. The van der Waals surface area contributed by atoms with Gasteiger partial charge < -0.3 is 5.11 Å². The summed E-state index contributed by atoms with van der Waals surface area (Å²) in [6.45, 7) is 1.76. The smallest absolute Gasteiger partial charge is 0.273 e. The molecule has 4 nitrogen and oxygen atoms in total. The number of halogens is 1. The normalized spacial score (nSPS) is 12.8. The lowest BCUT2D eigenvalue weighted by molar-refractivity contribution is -0.129. The zero-order chi connectivity index (χ0) is 15.2. The second kappa shape index (κ2) is 7.02. The zero-order valence-electron chi connectivity index (χ0n) is 11.5. The van der Waals surface area contributed by atoms with Gasteiger partial charge in [0, 0.05) is 5.02 Å². The highest BCUT2D eigenvalue weighted by atomic mass is 35.5. The molecule has 2 aromatic carbocycles. The van der Waals surface area contributed by atoms with E-state index in [0.29, 0.717) is 16.3 Å². The van der Waals surface area contributed by atoms with Crippen LogP contribution < -0.4 is 5.43 Å². The van der Waals surface area contributed by atoms with Gasteiger partial charge in [-0.2, -0.15) is 5.10 Å². The summed E-state index contributed by atoms with van der Waals surface area (Å²) in [5, 5.41) is 14.5. The van der Waals surface area contributed by atoms with Gasteiger partial charge in [-0.1, -0.05) is 54.1 Å². The molecule has 1 atom stereocenters. The van der Waals surface area contributed by atoms with Crippen LogP contribution in [0.5, 0.6) is 0 Å².